The van der Waals surface area contributed by atoms with Gasteiger partial charge in [0.15, 0.2) is 17.3 Å². The molecule has 0 spiro atoms. The van der Waals surface area contributed by atoms with Crippen LogP contribution in [0.2, 0.25) is 10.0 Å². The Bertz CT molecular complexity index is 1370. The molecule has 10 heteroatoms. The fourth-order valence-corrected chi connectivity index (χ4v) is 4.09. The summed E-state index contributed by atoms with van der Waals surface area (Å²) in [7, 11) is 1.61. The highest BCUT2D eigenvalue weighted by atomic mass is 35.5. The van der Waals surface area contributed by atoms with Crippen molar-refractivity contribution in [2.45, 2.75) is 20.1 Å². The van der Waals surface area contributed by atoms with Gasteiger partial charge < -0.3 is 19.6 Å². The Kier molecular flexibility index (Phi) is 8.17. The molecule has 7 nitrogen and oxygen atoms in total. The summed E-state index contributed by atoms with van der Waals surface area (Å²) in [6.45, 7) is 3.04. The Morgan fingerprint density at radius 1 is 0.943 bits per heavy atom. The van der Waals surface area contributed by atoms with Crippen LogP contribution in [0.15, 0.2) is 60.7 Å². The predicted molar refractivity (Wildman–Crippen MR) is 141 cm³/mol. The number of ether oxygens (including phenoxy) is 3. The molecule has 0 amide bonds. The number of benzene rings is 3. The SMILES string of the molecule is CCOc1cc(CNn2c(-c3ccccc3OC)n[nH]c2=S)c(Cl)cc1OCc1ccccc1Cl. The number of nitrogens with zero attached hydrogens (tertiary/aromatic N) is 2. The van der Waals surface area contributed by atoms with Crippen LogP contribution in [0, 0.1) is 4.77 Å². The molecule has 182 valence electrons. The molecule has 0 aliphatic rings. The standard InChI is InChI=1S/C25H24Cl2N4O3S/c1-3-33-22-12-17(20(27)13-23(22)34-15-16-8-4-6-10-19(16)26)14-28-31-24(29-30-25(31)35)18-9-5-7-11-21(18)32-2/h4-13,28H,3,14-15H2,1-2H3,(H,30,35). The lowest BCUT2D eigenvalue weighted by molar-refractivity contribution is 0.269. The van der Waals surface area contributed by atoms with E-state index in [1.807, 2.05) is 61.5 Å². The third-order valence-corrected chi connectivity index (χ3v) is 6.20. The predicted octanol–water partition coefficient (Wildman–Crippen LogP) is 6.64. The van der Waals surface area contributed by atoms with Gasteiger partial charge in [0.2, 0.25) is 4.77 Å². The third-order valence-electron chi connectivity index (χ3n) is 5.20. The van der Waals surface area contributed by atoms with Crippen molar-refractivity contribution in [1.82, 2.24) is 14.9 Å². The summed E-state index contributed by atoms with van der Waals surface area (Å²) < 4.78 is 19.4. The van der Waals surface area contributed by atoms with Crippen molar-refractivity contribution in [1.29, 1.82) is 0 Å². The second kappa shape index (κ2) is 11.5. The first-order valence-corrected chi connectivity index (χ1v) is 12.0. The van der Waals surface area contributed by atoms with Crippen LogP contribution in [0.3, 0.4) is 0 Å². The van der Waals surface area contributed by atoms with Crippen molar-refractivity contribution in [3.63, 3.8) is 0 Å². The number of aromatic nitrogens is 3. The molecule has 0 saturated heterocycles. The Labute approximate surface area is 218 Å². The lowest BCUT2D eigenvalue weighted by Crippen LogP contribution is -2.16. The van der Waals surface area contributed by atoms with Crippen LogP contribution in [0.25, 0.3) is 11.4 Å². The topological polar surface area (TPSA) is 73.3 Å². The largest absolute Gasteiger partial charge is 0.496 e. The summed E-state index contributed by atoms with van der Waals surface area (Å²) in [5.74, 6) is 2.39. The maximum absolute atomic E-state index is 6.62. The molecular weight excluding hydrogens is 507 g/mol. The molecule has 0 atom stereocenters. The number of methoxy groups -OCH3 is 1. The summed E-state index contributed by atoms with van der Waals surface area (Å²) in [6.07, 6.45) is 0. The van der Waals surface area contributed by atoms with E-state index in [0.717, 1.165) is 16.7 Å². The van der Waals surface area contributed by atoms with Crippen molar-refractivity contribution in [2.24, 2.45) is 0 Å². The second-order valence-electron chi connectivity index (χ2n) is 7.43. The minimum absolute atomic E-state index is 0.292. The van der Waals surface area contributed by atoms with E-state index in [9.17, 15) is 0 Å². The zero-order chi connectivity index (χ0) is 24.8. The number of para-hydroxylation sites is 1. The minimum Gasteiger partial charge on any atom is -0.496 e. The summed E-state index contributed by atoms with van der Waals surface area (Å²) in [5.41, 5.74) is 5.75. The second-order valence-corrected chi connectivity index (χ2v) is 8.63. The Morgan fingerprint density at radius 2 is 1.69 bits per heavy atom. The van der Waals surface area contributed by atoms with Gasteiger partial charge in [0, 0.05) is 21.7 Å². The molecule has 3 aromatic carbocycles. The van der Waals surface area contributed by atoms with E-state index < -0.39 is 0 Å². The zero-order valence-corrected chi connectivity index (χ0v) is 21.5. The highest BCUT2D eigenvalue weighted by Gasteiger charge is 2.16. The van der Waals surface area contributed by atoms with Crippen LogP contribution in [-0.2, 0) is 13.2 Å². The van der Waals surface area contributed by atoms with Gasteiger partial charge in [-0.25, -0.2) is 9.77 Å². The van der Waals surface area contributed by atoms with Gasteiger partial charge in [-0.05, 0) is 49.0 Å². The first-order chi connectivity index (χ1) is 17.0. The molecule has 0 aliphatic carbocycles. The van der Waals surface area contributed by atoms with Gasteiger partial charge in [0.05, 0.1) is 25.8 Å². The fraction of sp³-hybridized carbons (Fsp3) is 0.200. The number of H-pyrrole nitrogens is 1. The van der Waals surface area contributed by atoms with Crippen molar-refractivity contribution in [3.05, 3.63) is 86.6 Å². The van der Waals surface area contributed by atoms with E-state index in [2.05, 4.69) is 15.6 Å². The molecule has 0 radical (unpaired) electrons. The van der Waals surface area contributed by atoms with E-state index in [1.165, 1.54) is 0 Å². The fourth-order valence-electron chi connectivity index (χ4n) is 3.48. The molecule has 0 saturated carbocycles. The van der Waals surface area contributed by atoms with Crippen LogP contribution in [0.1, 0.15) is 18.1 Å². The first kappa shape index (κ1) is 24.9. The number of aromatic amines is 1. The minimum atomic E-state index is 0.292. The Morgan fingerprint density at radius 3 is 2.46 bits per heavy atom. The van der Waals surface area contributed by atoms with Gasteiger partial charge in [-0.1, -0.05) is 53.5 Å². The Balaban J connectivity index is 1.57. The quantitative estimate of drug-likeness (QED) is 0.224. The lowest BCUT2D eigenvalue weighted by atomic mass is 10.2. The molecule has 4 aromatic rings. The zero-order valence-electron chi connectivity index (χ0n) is 19.2. The van der Waals surface area contributed by atoms with Crippen molar-refractivity contribution in [2.75, 3.05) is 19.1 Å². The highest BCUT2D eigenvalue weighted by molar-refractivity contribution is 7.71. The summed E-state index contributed by atoms with van der Waals surface area (Å²) in [5, 5.41) is 8.35. The van der Waals surface area contributed by atoms with Crippen LogP contribution >= 0.6 is 35.4 Å². The first-order valence-electron chi connectivity index (χ1n) is 10.9. The monoisotopic (exact) mass is 530 g/mol. The molecule has 0 bridgehead atoms. The number of rotatable bonds is 10. The Hall–Kier alpha value is -3.20. The van der Waals surface area contributed by atoms with Gasteiger partial charge in [-0.15, -0.1) is 0 Å². The number of nitrogens with one attached hydrogen (secondary N) is 2. The maximum atomic E-state index is 6.62. The van der Waals surface area contributed by atoms with Gasteiger partial charge >= 0.3 is 0 Å². The molecule has 4 rings (SSSR count). The summed E-state index contributed by atoms with van der Waals surface area (Å²) in [4.78, 5) is 0. The average Bonchev–Trinajstić information content (AvgIpc) is 3.24. The van der Waals surface area contributed by atoms with Crippen LogP contribution in [0.5, 0.6) is 17.2 Å². The maximum Gasteiger partial charge on any atom is 0.214 e. The third kappa shape index (κ3) is 5.73. The van der Waals surface area contributed by atoms with E-state index in [-0.39, 0.29) is 0 Å². The van der Waals surface area contributed by atoms with E-state index >= 15 is 0 Å². The highest BCUT2D eigenvalue weighted by Crippen LogP contribution is 2.35. The molecule has 1 heterocycles. The number of hydrogen-bond acceptors (Lipinski definition) is 6. The average molecular weight is 531 g/mol. The molecule has 35 heavy (non-hydrogen) atoms. The smallest absolute Gasteiger partial charge is 0.214 e. The van der Waals surface area contributed by atoms with E-state index in [1.54, 1.807) is 17.9 Å². The van der Waals surface area contributed by atoms with Crippen molar-refractivity contribution in [3.8, 4) is 28.6 Å². The van der Waals surface area contributed by atoms with Crippen molar-refractivity contribution >= 4 is 35.4 Å². The summed E-state index contributed by atoms with van der Waals surface area (Å²) in [6, 6.07) is 18.7. The summed E-state index contributed by atoms with van der Waals surface area (Å²) >= 11 is 18.3. The number of halogens is 2. The lowest BCUT2D eigenvalue weighted by Gasteiger charge is -2.17. The van der Waals surface area contributed by atoms with E-state index in [0.29, 0.717) is 57.6 Å². The normalized spacial score (nSPS) is 10.7. The molecule has 0 unspecified atom stereocenters. The van der Waals surface area contributed by atoms with Gasteiger partial charge in [0.25, 0.3) is 0 Å². The van der Waals surface area contributed by atoms with Gasteiger partial charge in [-0.2, -0.15) is 5.10 Å². The molecule has 0 fully saturated rings. The molecule has 1 aromatic heterocycles. The van der Waals surface area contributed by atoms with E-state index in [4.69, 9.17) is 49.6 Å². The molecule has 2 N–H and O–H groups in total. The van der Waals surface area contributed by atoms with Crippen LogP contribution in [0.4, 0.5) is 0 Å². The van der Waals surface area contributed by atoms with Gasteiger partial charge in [0.1, 0.15) is 12.4 Å². The molecular formula is C25H24Cl2N4O3S. The van der Waals surface area contributed by atoms with Gasteiger partial charge in [-0.3, -0.25) is 0 Å². The van der Waals surface area contributed by atoms with Crippen LogP contribution < -0.4 is 19.6 Å². The molecule has 0 aliphatic heterocycles. The number of hydrogen-bond donors (Lipinski definition) is 2. The van der Waals surface area contributed by atoms with Crippen molar-refractivity contribution < 1.29 is 14.2 Å². The van der Waals surface area contributed by atoms with Crippen LogP contribution in [-0.4, -0.2) is 28.6 Å².